The summed E-state index contributed by atoms with van der Waals surface area (Å²) in [5.74, 6) is -2.44. The molecule has 0 saturated heterocycles. The Morgan fingerprint density at radius 2 is 2.00 bits per heavy atom. The van der Waals surface area contributed by atoms with Gasteiger partial charge in [-0.15, -0.1) is 0 Å². The number of aliphatic hydroxyl groups is 1. The van der Waals surface area contributed by atoms with Gasteiger partial charge in [0.1, 0.15) is 0 Å². The molecular weight excluding hydrogens is 252 g/mol. The van der Waals surface area contributed by atoms with Gasteiger partial charge in [0.15, 0.2) is 11.6 Å². The molecule has 0 aliphatic carbocycles. The lowest BCUT2D eigenvalue weighted by atomic mass is 9.88. The molecule has 0 unspecified atom stereocenters. The Morgan fingerprint density at radius 3 is 2.58 bits per heavy atom. The molecule has 0 bridgehead atoms. The van der Waals surface area contributed by atoms with Crippen molar-refractivity contribution in [1.29, 1.82) is 0 Å². The fraction of sp³-hybridized carbons (Fsp3) is 0.500. The van der Waals surface area contributed by atoms with Gasteiger partial charge < -0.3 is 10.4 Å². The molecule has 0 aliphatic heterocycles. The first-order chi connectivity index (χ1) is 8.85. The Labute approximate surface area is 111 Å². The van der Waals surface area contributed by atoms with Gasteiger partial charge in [0.25, 0.3) is 5.91 Å². The zero-order chi connectivity index (χ0) is 14.5. The lowest BCUT2D eigenvalue weighted by molar-refractivity contribution is 0.0932. The minimum atomic E-state index is -1.04. The van der Waals surface area contributed by atoms with E-state index in [1.165, 1.54) is 6.07 Å². The second-order valence-corrected chi connectivity index (χ2v) is 5.30. The van der Waals surface area contributed by atoms with Crippen LogP contribution in [0, 0.1) is 17.0 Å². The predicted octanol–water partition coefficient (Wildman–Crippen LogP) is 2.49. The summed E-state index contributed by atoms with van der Waals surface area (Å²) in [5, 5.41) is 11.5. The van der Waals surface area contributed by atoms with Crippen molar-refractivity contribution in [1.82, 2.24) is 5.32 Å². The van der Waals surface area contributed by atoms with E-state index in [0.29, 0.717) is 13.0 Å². The molecular formula is C14H19F2NO2. The predicted molar refractivity (Wildman–Crippen MR) is 68.8 cm³/mol. The molecule has 0 radical (unpaired) electrons. The van der Waals surface area contributed by atoms with Crippen LogP contribution in [0.5, 0.6) is 0 Å². The van der Waals surface area contributed by atoms with Crippen LogP contribution in [0.1, 0.15) is 37.0 Å². The van der Waals surface area contributed by atoms with E-state index in [1.54, 1.807) is 0 Å². The molecule has 0 aromatic heterocycles. The Balaban J connectivity index is 2.57. The first-order valence-corrected chi connectivity index (χ1v) is 6.20. The van der Waals surface area contributed by atoms with Crippen LogP contribution in [0.15, 0.2) is 18.2 Å². The van der Waals surface area contributed by atoms with Crippen molar-refractivity contribution >= 4 is 5.91 Å². The molecule has 5 heteroatoms. The van der Waals surface area contributed by atoms with Gasteiger partial charge in [-0.25, -0.2) is 8.78 Å². The molecule has 3 nitrogen and oxygen atoms in total. The molecule has 19 heavy (non-hydrogen) atoms. The third-order valence-corrected chi connectivity index (χ3v) is 2.92. The average molecular weight is 271 g/mol. The molecule has 0 atom stereocenters. The topological polar surface area (TPSA) is 49.3 Å². The highest BCUT2D eigenvalue weighted by molar-refractivity contribution is 5.94. The summed E-state index contributed by atoms with van der Waals surface area (Å²) in [5.41, 5.74) is -0.0615. The molecule has 0 fully saturated rings. The molecule has 0 spiro atoms. The van der Waals surface area contributed by atoms with Crippen molar-refractivity contribution < 1.29 is 18.7 Å². The SMILES string of the molecule is CC(C)(CCCO)CNC(=O)c1ccc(F)c(F)c1. The van der Waals surface area contributed by atoms with E-state index in [1.807, 2.05) is 13.8 Å². The first kappa shape index (κ1) is 15.6. The summed E-state index contributed by atoms with van der Waals surface area (Å²) in [6.07, 6.45) is 1.43. The Kier molecular flexibility index (Phi) is 5.42. The number of amides is 1. The van der Waals surface area contributed by atoms with Crippen LogP contribution in [0.4, 0.5) is 8.78 Å². The zero-order valence-electron chi connectivity index (χ0n) is 11.2. The van der Waals surface area contributed by atoms with E-state index in [9.17, 15) is 13.6 Å². The molecule has 0 saturated carbocycles. The van der Waals surface area contributed by atoms with E-state index >= 15 is 0 Å². The van der Waals surface area contributed by atoms with Crippen LogP contribution in [-0.4, -0.2) is 24.2 Å². The van der Waals surface area contributed by atoms with Gasteiger partial charge in [0.05, 0.1) is 0 Å². The number of benzene rings is 1. The monoisotopic (exact) mass is 271 g/mol. The lowest BCUT2D eigenvalue weighted by Crippen LogP contribution is -2.34. The number of rotatable bonds is 6. The van der Waals surface area contributed by atoms with E-state index in [2.05, 4.69) is 5.32 Å². The van der Waals surface area contributed by atoms with Crippen molar-refractivity contribution in [3.63, 3.8) is 0 Å². The Hall–Kier alpha value is -1.49. The second-order valence-electron chi connectivity index (χ2n) is 5.30. The van der Waals surface area contributed by atoms with Crippen LogP contribution in [0.3, 0.4) is 0 Å². The molecule has 0 heterocycles. The summed E-state index contributed by atoms with van der Waals surface area (Å²) >= 11 is 0. The van der Waals surface area contributed by atoms with E-state index in [0.717, 1.165) is 18.6 Å². The van der Waals surface area contributed by atoms with Crippen LogP contribution in [0.25, 0.3) is 0 Å². The summed E-state index contributed by atoms with van der Waals surface area (Å²) in [7, 11) is 0. The molecule has 0 aliphatic rings. The van der Waals surface area contributed by atoms with Gasteiger partial charge in [0.2, 0.25) is 0 Å². The molecule has 106 valence electrons. The number of carbonyl (C=O) groups excluding carboxylic acids is 1. The van der Waals surface area contributed by atoms with Crippen molar-refractivity contribution in [2.45, 2.75) is 26.7 Å². The van der Waals surface area contributed by atoms with Gasteiger partial charge >= 0.3 is 0 Å². The van der Waals surface area contributed by atoms with Crippen molar-refractivity contribution in [2.24, 2.45) is 5.41 Å². The number of carbonyl (C=O) groups is 1. The van der Waals surface area contributed by atoms with Crippen LogP contribution in [-0.2, 0) is 0 Å². The maximum atomic E-state index is 13.0. The van der Waals surface area contributed by atoms with Crippen molar-refractivity contribution in [2.75, 3.05) is 13.2 Å². The van der Waals surface area contributed by atoms with Gasteiger partial charge in [-0.1, -0.05) is 13.8 Å². The summed E-state index contributed by atoms with van der Waals surface area (Å²) < 4.78 is 25.7. The summed E-state index contributed by atoms with van der Waals surface area (Å²) in [6, 6.07) is 3.06. The third-order valence-electron chi connectivity index (χ3n) is 2.92. The first-order valence-electron chi connectivity index (χ1n) is 6.20. The molecule has 2 N–H and O–H groups in total. The largest absolute Gasteiger partial charge is 0.396 e. The zero-order valence-corrected chi connectivity index (χ0v) is 11.2. The number of aliphatic hydroxyl groups excluding tert-OH is 1. The van der Waals surface area contributed by atoms with Gasteiger partial charge in [-0.05, 0) is 36.5 Å². The van der Waals surface area contributed by atoms with Crippen LogP contribution < -0.4 is 5.32 Å². The summed E-state index contributed by atoms with van der Waals surface area (Å²) in [4.78, 5) is 11.8. The second kappa shape index (κ2) is 6.61. The maximum absolute atomic E-state index is 13.0. The number of halogens is 2. The fourth-order valence-corrected chi connectivity index (χ4v) is 1.70. The lowest BCUT2D eigenvalue weighted by Gasteiger charge is -2.24. The third kappa shape index (κ3) is 4.95. The molecule has 1 amide bonds. The molecule has 1 aromatic carbocycles. The Bertz CT molecular complexity index is 447. The van der Waals surface area contributed by atoms with Crippen LogP contribution >= 0.6 is 0 Å². The van der Waals surface area contributed by atoms with Gasteiger partial charge in [0, 0.05) is 18.7 Å². The van der Waals surface area contributed by atoms with Crippen molar-refractivity contribution in [3.05, 3.63) is 35.4 Å². The van der Waals surface area contributed by atoms with E-state index in [-0.39, 0.29) is 17.6 Å². The van der Waals surface area contributed by atoms with Crippen LogP contribution in [0.2, 0.25) is 0 Å². The molecule has 1 rings (SSSR count). The standard InChI is InChI=1S/C14H19F2NO2/c1-14(2,6-3-7-18)9-17-13(19)10-4-5-11(15)12(16)8-10/h4-5,8,18H,3,6-7,9H2,1-2H3,(H,17,19). The number of hydrogen-bond acceptors (Lipinski definition) is 2. The van der Waals surface area contributed by atoms with Gasteiger partial charge in [-0.3, -0.25) is 4.79 Å². The van der Waals surface area contributed by atoms with E-state index < -0.39 is 17.5 Å². The molecule has 1 aromatic rings. The van der Waals surface area contributed by atoms with Gasteiger partial charge in [-0.2, -0.15) is 0 Å². The fourth-order valence-electron chi connectivity index (χ4n) is 1.70. The quantitative estimate of drug-likeness (QED) is 0.835. The highest BCUT2D eigenvalue weighted by Crippen LogP contribution is 2.21. The minimum Gasteiger partial charge on any atom is -0.396 e. The van der Waals surface area contributed by atoms with Crippen molar-refractivity contribution in [3.8, 4) is 0 Å². The normalized spacial score (nSPS) is 11.4. The maximum Gasteiger partial charge on any atom is 0.251 e. The number of nitrogens with one attached hydrogen (secondary N) is 1. The minimum absolute atomic E-state index is 0.0943. The summed E-state index contributed by atoms with van der Waals surface area (Å²) in [6.45, 7) is 4.45. The smallest absolute Gasteiger partial charge is 0.251 e. The number of hydrogen-bond donors (Lipinski definition) is 2. The average Bonchev–Trinajstić information content (AvgIpc) is 2.37. The van der Waals surface area contributed by atoms with E-state index in [4.69, 9.17) is 5.11 Å². The highest BCUT2D eigenvalue weighted by Gasteiger charge is 2.19. The Morgan fingerprint density at radius 1 is 1.32 bits per heavy atom. The highest BCUT2D eigenvalue weighted by atomic mass is 19.2.